The van der Waals surface area contributed by atoms with Gasteiger partial charge in [-0.2, -0.15) is 0 Å². The minimum atomic E-state index is -0.0132. The molecule has 142 heavy (non-hydrogen) atoms. The second kappa shape index (κ2) is 47.4. The maximum absolute atomic E-state index is 4.95. The molecule has 10 heterocycles. The van der Waals surface area contributed by atoms with E-state index in [1.54, 1.807) is 0 Å². The largest absolute Gasteiger partial charge is 2.00 e. The second-order valence-corrected chi connectivity index (χ2v) is 36.7. The van der Waals surface area contributed by atoms with Crippen LogP contribution in [-0.4, -0.2) is 49.0 Å². The number of rotatable bonds is 19. The van der Waals surface area contributed by atoms with Crippen molar-refractivity contribution in [2.75, 3.05) is 14.7 Å². The molecule has 0 unspecified atom stereocenters. The van der Waals surface area contributed by atoms with Gasteiger partial charge in [-0.05, 0) is 197 Å². The van der Waals surface area contributed by atoms with Gasteiger partial charge < -0.3 is 38.9 Å². The average molecular weight is 2570 g/mol. The smallest absolute Gasteiger partial charge is 0.397 e. The third-order valence-corrected chi connectivity index (χ3v) is 23.8. The van der Waals surface area contributed by atoms with Crippen LogP contribution >= 0.6 is 0 Å². The van der Waals surface area contributed by atoms with E-state index in [9.17, 15) is 0 Å². The van der Waals surface area contributed by atoms with Crippen LogP contribution in [0.2, 0.25) is 0 Å². The molecule has 0 aliphatic heterocycles. The number of pyridine rings is 8. The Morgan fingerprint density at radius 1 is 0.246 bits per heavy atom. The van der Waals surface area contributed by atoms with E-state index < -0.39 is 0 Å². The molecule has 13 nitrogen and oxygen atoms in total. The number of fused-ring (bicyclic) bond motifs is 2. The van der Waals surface area contributed by atoms with E-state index in [0.29, 0.717) is 6.42 Å². The molecule has 0 N–H and O–H groups in total. The predicted octanol–water partition coefficient (Wildman–Crippen LogP) is 30.5. The molecular weight excluding hydrogens is 2460 g/mol. The first kappa shape index (κ1) is 104. The fourth-order valence-corrected chi connectivity index (χ4v) is 16.5. The molecule has 0 spiro atoms. The van der Waals surface area contributed by atoms with E-state index in [0.717, 1.165) is 175 Å². The summed E-state index contributed by atoms with van der Waals surface area (Å²) in [7, 11) is 4.13. The number of nitrogens with zero attached hydrogens (tertiary/aromatic N) is 13. The van der Waals surface area contributed by atoms with Crippen molar-refractivity contribution in [3.8, 4) is 90.3 Å². The number of aromatic nitrogens is 10. The van der Waals surface area contributed by atoms with Crippen molar-refractivity contribution in [2.45, 2.75) is 85.0 Å². The Labute approximate surface area is 892 Å². The summed E-state index contributed by atoms with van der Waals surface area (Å²) in [6.45, 7) is 20.3. The molecule has 708 valence electrons. The first-order valence-electron chi connectivity index (χ1n) is 46.4. The van der Waals surface area contributed by atoms with Gasteiger partial charge in [0.25, 0.3) is 0 Å². The summed E-state index contributed by atoms with van der Waals surface area (Å²) in [5, 5.41) is 2.20. The normalized spacial score (nSPS) is 11.0. The Kier molecular flexibility index (Phi) is 34.6. The molecule has 0 aliphatic carbocycles. The molecule has 21 aromatic rings. The SMILES string of the molecule is CC(C)(C)c1cc(N(c2[c-]c(-c3ccccn3)ccc2)c2[c-]c(-c3ccccn3)ccc2)cc(C(C)(C)C)c1.CC(C)(C)c1ccc(N(c2[c-]c(-c3ccccn3)ccc2)c2[c-]c(-c3ccccn3)ccc2)cc1.Cn1c(-c2cccc(Cc3cccc(-c4[c-]c5ccccc5n4C)n3)n2)[c-]c2ccccc21.[Pt+2].[Pt+2].[Pt+2].[Pt+2].[c-]1ccccc1-c1cccc(N(c2ccccc2)c2cccc(-c3[c-]cccc3)n2)n1. The molecule has 0 saturated carbocycles. The number of para-hydroxylation sites is 3. The minimum absolute atomic E-state index is 0. The first-order chi connectivity index (χ1) is 67.1. The van der Waals surface area contributed by atoms with Crippen LogP contribution in [-0.2, 0) is 121 Å². The molecule has 0 aliphatic rings. The van der Waals surface area contributed by atoms with Crippen molar-refractivity contribution < 1.29 is 84.3 Å². The summed E-state index contributed by atoms with van der Waals surface area (Å²) in [6, 6.07) is 159. The first-order valence-corrected chi connectivity index (χ1v) is 46.4. The molecule has 0 radical (unpaired) electrons. The van der Waals surface area contributed by atoms with Gasteiger partial charge in [-0.3, -0.25) is 24.8 Å². The van der Waals surface area contributed by atoms with Crippen LogP contribution in [0.15, 0.2) is 413 Å². The molecule has 11 aromatic carbocycles. The standard InChI is InChI=1S/C36H35N3.C32H27N3.C29H22N4.C28H19N3.4Pt/c1-35(2,3)28-23-29(36(4,5)6)25-32(24-28)39(30-15-11-13-26(21-30)33-17-7-9-19-37-33)31-16-12-14-27(22-31)34-18-8-10-20-38-34;1-32(2,3)26-16-18-27(19-17-26)35(28-12-8-10-24(22-28)30-14-4-6-20-33-30)29-13-9-11-25(23-29)31-15-5-7-21-34-31;1-32-26-15-5-3-9-20(26)17-28(32)24-13-7-11-22(30-24)19-23-12-8-14-25(31-23)29-18-21-10-4-6-16-27(21)33(29)2;1-4-12-22(13-5-1)25-18-10-20-27(29-25)31(24-16-8-3-9-17-24)28-21-11-19-26(30-28)23-14-6-2-7-15-23;;;;/h7-20,23-25H,1-6H3;4-21H,1-3H3;3-16H,19H2,1-2H3;1-12,14,16-21H;;;;/q4*-2;4*+2. The number of aryl methyl sites for hydroxylation is 2. The quantitative estimate of drug-likeness (QED) is 0.0719. The van der Waals surface area contributed by atoms with E-state index in [1.807, 2.05) is 237 Å². The summed E-state index contributed by atoms with van der Waals surface area (Å²) < 4.78 is 4.30. The topological polar surface area (TPSA) is 123 Å². The van der Waals surface area contributed by atoms with Gasteiger partial charge >= 0.3 is 84.3 Å². The van der Waals surface area contributed by atoms with E-state index in [1.165, 1.54) is 16.7 Å². The van der Waals surface area contributed by atoms with Gasteiger partial charge in [0.05, 0.1) is 0 Å². The third-order valence-electron chi connectivity index (χ3n) is 23.8. The maximum atomic E-state index is 4.95. The predicted molar refractivity (Wildman–Crippen MR) is 565 cm³/mol. The van der Waals surface area contributed by atoms with Crippen LogP contribution < -0.4 is 14.7 Å². The molecule has 0 saturated heterocycles. The van der Waals surface area contributed by atoms with Gasteiger partial charge in [0, 0.05) is 85.1 Å². The van der Waals surface area contributed by atoms with E-state index in [4.69, 9.17) is 19.9 Å². The molecular formula is C125H103N13Pt4. The molecule has 0 amide bonds. The van der Waals surface area contributed by atoms with E-state index in [-0.39, 0.29) is 101 Å². The van der Waals surface area contributed by atoms with Gasteiger partial charge in [-0.15, -0.1) is 238 Å². The number of hydrogen-bond acceptors (Lipinski definition) is 11. The molecule has 0 fully saturated rings. The summed E-state index contributed by atoms with van der Waals surface area (Å²) in [4.78, 5) is 44.5. The van der Waals surface area contributed by atoms with Crippen molar-refractivity contribution in [1.29, 1.82) is 0 Å². The summed E-state index contributed by atoms with van der Waals surface area (Å²) >= 11 is 0. The molecule has 10 aromatic heterocycles. The summed E-state index contributed by atoms with van der Waals surface area (Å²) in [5.41, 5.74) is 29.8. The zero-order valence-corrected chi connectivity index (χ0v) is 89.6. The fraction of sp³-hybridized carbons (Fsp3) is 0.120. The van der Waals surface area contributed by atoms with Crippen molar-refractivity contribution in [3.05, 3.63) is 490 Å². The fourth-order valence-electron chi connectivity index (χ4n) is 16.5. The van der Waals surface area contributed by atoms with Gasteiger partial charge in [0.15, 0.2) is 0 Å². The van der Waals surface area contributed by atoms with Crippen LogP contribution in [0.1, 0.15) is 90.4 Å². The molecule has 17 heteroatoms. The zero-order valence-electron chi connectivity index (χ0n) is 80.5. The monoisotopic (exact) mass is 2570 g/mol. The number of benzene rings is 11. The van der Waals surface area contributed by atoms with Crippen molar-refractivity contribution in [1.82, 2.24) is 49.0 Å². The van der Waals surface area contributed by atoms with Gasteiger partial charge in [0.2, 0.25) is 0 Å². The van der Waals surface area contributed by atoms with Crippen LogP contribution in [0.25, 0.3) is 112 Å². The van der Waals surface area contributed by atoms with Crippen LogP contribution in [0.3, 0.4) is 0 Å². The Bertz CT molecular complexity index is 7300. The van der Waals surface area contributed by atoms with Crippen LogP contribution in [0.5, 0.6) is 0 Å². The molecule has 0 atom stereocenters. The van der Waals surface area contributed by atoms with Gasteiger partial charge in [0.1, 0.15) is 11.6 Å². The Morgan fingerprint density at radius 2 is 0.563 bits per heavy atom. The molecule has 0 bridgehead atoms. The third kappa shape index (κ3) is 25.0. The van der Waals surface area contributed by atoms with Gasteiger partial charge in [-0.25, -0.2) is 0 Å². The van der Waals surface area contributed by atoms with Crippen LogP contribution in [0, 0.1) is 48.5 Å². The second-order valence-electron chi connectivity index (χ2n) is 36.7. The molecule has 21 rings (SSSR count). The number of hydrogen-bond donors (Lipinski definition) is 0. The summed E-state index contributed by atoms with van der Waals surface area (Å²) in [5.74, 6) is 1.59. The Hall–Kier alpha value is -14.1. The maximum Gasteiger partial charge on any atom is 2.00 e. The average Bonchev–Trinajstić information content (AvgIpc) is 1.26. The van der Waals surface area contributed by atoms with E-state index >= 15 is 0 Å². The Morgan fingerprint density at radius 3 is 0.915 bits per heavy atom. The summed E-state index contributed by atoms with van der Waals surface area (Å²) in [6.07, 6.45) is 7.92. The Balaban J connectivity index is 0.000000149. The van der Waals surface area contributed by atoms with Crippen molar-refractivity contribution in [3.63, 3.8) is 0 Å². The zero-order chi connectivity index (χ0) is 95.1. The van der Waals surface area contributed by atoms with E-state index in [2.05, 4.69) is 345 Å². The minimum Gasteiger partial charge on any atom is -0.397 e. The van der Waals surface area contributed by atoms with Gasteiger partial charge in [-0.1, -0.05) is 220 Å². The van der Waals surface area contributed by atoms with Crippen molar-refractivity contribution in [2.24, 2.45) is 14.1 Å². The van der Waals surface area contributed by atoms with Crippen molar-refractivity contribution >= 4 is 73.3 Å². The van der Waals surface area contributed by atoms with Crippen LogP contribution in [0.4, 0.5) is 51.4 Å². The number of anilines is 9.